The Morgan fingerprint density at radius 1 is 1.08 bits per heavy atom. The van der Waals surface area contributed by atoms with E-state index in [1.165, 1.54) is 10.5 Å². The van der Waals surface area contributed by atoms with Gasteiger partial charge in [0.2, 0.25) is 0 Å². The van der Waals surface area contributed by atoms with Gasteiger partial charge in [-0.15, -0.1) is 0 Å². The van der Waals surface area contributed by atoms with Crippen LogP contribution in [0.15, 0.2) is 77.8 Å². The average molecular weight is 361 g/mol. The van der Waals surface area contributed by atoms with Crippen LogP contribution < -0.4 is 0 Å². The minimum Gasteiger partial charge on any atom is -0.362 e. The molecule has 0 saturated carbocycles. The Morgan fingerprint density at radius 2 is 1.71 bits per heavy atom. The van der Waals surface area contributed by atoms with E-state index in [2.05, 4.69) is 25.3 Å². The summed E-state index contributed by atoms with van der Waals surface area (Å²) in [4.78, 5) is 1.17. The number of ether oxygens (including phenoxy) is 1. The Hall–Kier alpha value is -1.20. The summed E-state index contributed by atoms with van der Waals surface area (Å²) in [6, 6.07) is 7.90. The van der Waals surface area contributed by atoms with Gasteiger partial charge in [-0.1, -0.05) is 71.2 Å². The number of rotatable bonds is 2. The van der Waals surface area contributed by atoms with Crippen LogP contribution >= 0.6 is 21.6 Å². The maximum Gasteiger partial charge on any atom is 0.189 e. The molecule has 2 heterocycles. The molecule has 0 amide bonds. The molecule has 128 valence electrons. The summed E-state index contributed by atoms with van der Waals surface area (Å²) in [5.74, 6) is -0.274. The summed E-state index contributed by atoms with van der Waals surface area (Å²) in [6.45, 7) is 9.86. The van der Waals surface area contributed by atoms with Crippen molar-refractivity contribution in [2.24, 2.45) is 0 Å². The molecular formula is C20H24O2S2. The van der Waals surface area contributed by atoms with Crippen LogP contribution in [0, 0.1) is 0 Å². The van der Waals surface area contributed by atoms with Crippen molar-refractivity contribution in [3.05, 3.63) is 78.4 Å². The zero-order chi connectivity index (χ0) is 17.4. The third-order valence-electron chi connectivity index (χ3n) is 3.83. The van der Waals surface area contributed by atoms with E-state index in [1.807, 2.05) is 47.2 Å². The highest BCUT2D eigenvalue weighted by Crippen LogP contribution is 2.34. The van der Waals surface area contributed by atoms with Gasteiger partial charge >= 0.3 is 0 Å². The second-order valence-corrected chi connectivity index (χ2v) is 8.14. The molecule has 2 bridgehead atoms. The first-order valence-corrected chi connectivity index (χ1v) is 10.3. The van der Waals surface area contributed by atoms with Crippen molar-refractivity contribution in [2.45, 2.75) is 30.4 Å². The molecule has 1 aromatic carbocycles. The Kier molecular flexibility index (Phi) is 7.43. The molecule has 2 nitrogen and oxygen atoms in total. The maximum atomic E-state index is 10.6. The van der Waals surface area contributed by atoms with Gasteiger partial charge in [0.25, 0.3) is 0 Å². The summed E-state index contributed by atoms with van der Waals surface area (Å²) >= 11 is 0. The molecule has 1 aromatic rings. The molecule has 2 aliphatic heterocycles. The maximum absolute atomic E-state index is 10.6. The second kappa shape index (κ2) is 9.33. The molecule has 4 heteroatoms. The highest BCUT2D eigenvalue weighted by atomic mass is 33.1. The molecule has 1 unspecified atom stereocenters. The number of fused-ring (bicyclic) bond motifs is 11. The summed E-state index contributed by atoms with van der Waals surface area (Å²) in [7, 11) is 3.56. The van der Waals surface area contributed by atoms with E-state index >= 15 is 0 Å². The second-order valence-electron chi connectivity index (χ2n) is 5.65. The Morgan fingerprint density at radius 3 is 2.33 bits per heavy atom. The van der Waals surface area contributed by atoms with Gasteiger partial charge in [-0.3, -0.25) is 0 Å². The lowest BCUT2D eigenvalue weighted by atomic mass is 10.1. The molecule has 0 radical (unpaired) electrons. The number of hydrogen-bond donors (Lipinski definition) is 1. The molecule has 1 atom stereocenters. The van der Waals surface area contributed by atoms with E-state index in [-0.39, 0.29) is 0 Å². The first-order chi connectivity index (χ1) is 11.5. The van der Waals surface area contributed by atoms with Gasteiger partial charge in [-0.2, -0.15) is 0 Å². The predicted octanol–water partition coefficient (Wildman–Crippen LogP) is 5.63. The molecular weight excluding hydrogens is 336 g/mol. The largest absolute Gasteiger partial charge is 0.362 e. The smallest absolute Gasteiger partial charge is 0.189 e. The summed E-state index contributed by atoms with van der Waals surface area (Å²) in [5, 5.41) is 10.6. The van der Waals surface area contributed by atoms with E-state index in [0.717, 1.165) is 23.3 Å². The van der Waals surface area contributed by atoms with Gasteiger partial charge in [-0.25, -0.2) is 0 Å². The molecule has 0 saturated heterocycles. The summed E-state index contributed by atoms with van der Waals surface area (Å²) in [5.41, 5.74) is 3.05. The number of allylic oxidation sites excluding steroid dienone is 5. The monoisotopic (exact) mass is 360 g/mol. The van der Waals surface area contributed by atoms with Crippen LogP contribution in [-0.4, -0.2) is 17.5 Å². The SMILES string of the molecule is C=C/C1=C\C=C(/C=C)CCSSc2ccc(cc2)C(C)(O)OCC1. The normalized spacial score (nSPS) is 27.6. The summed E-state index contributed by atoms with van der Waals surface area (Å²) in [6.07, 6.45) is 9.56. The van der Waals surface area contributed by atoms with Gasteiger partial charge in [0.1, 0.15) is 0 Å². The number of benzene rings is 1. The standard InChI is InChI=1S/C20H24O2S2/c1-4-16-6-7-17(5-2)13-15-23-24-19-10-8-18(9-11-19)20(3,21)22-14-12-16/h4-11,21H,1-2,12-15H2,3H3/b16-6+,17-7+. The Labute approximate surface area is 152 Å². The molecule has 0 aliphatic carbocycles. The van der Waals surface area contributed by atoms with Gasteiger partial charge in [-0.05, 0) is 43.0 Å². The molecule has 24 heavy (non-hydrogen) atoms. The van der Waals surface area contributed by atoms with Crippen LogP contribution in [0.2, 0.25) is 0 Å². The van der Waals surface area contributed by atoms with Crippen LogP contribution in [-0.2, 0) is 10.5 Å². The highest BCUT2D eigenvalue weighted by Gasteiger charge is 2.23. The van der Waals surface area contributed by atoms with Crippen LogP contribution in [0.4, 0.5) is 0 Å². The van der Waals surface area contributed by atoms with Crippen LogP contribution in [0.5, 0.6) is 0 Å². The lowest BCUT2D eigenvalue weighted by Crippen LogP contribution is -2.25. The molecule has 0 spiro atoms. The topological polar surface area (TPSA) is 29.5 Å². The van der Waals surface area contributed by atoms with Crippen molar-refractivity contribution in [3.8, 4) is 0 Å². The lowest BCUT2D eigenvalue weighted by Gasteiger charge is -2.24. The van der Waals surface area contributed by atoms with Crippen molar-refractivity contribution in [2.75, 3.05) is 12.4 Å². The van der Waals surface area contributed by atoms with Crippen LogP contribution in [0.1, 0.15) is 25.3 Å². The zero-order valence-corrected chi connectivity index (χ0v) is 15.7. The fourth-order valence-corrected chi connectivity index (χ4v) is 4.29. The molecule has 0 aromatic heterocycles. The Bertz CT molecular complexity index is 628. The van der Waals surface area contributed by atoms with E-state index in [4.69, 9.17) is 4.74 Å². The first kappa shape index (κ1) is 19.1. The first-order valence-electron chi connectivity index (χ1n) is 7.96. The lowest BCUT2D eigenvalue weighted by molar-refractivity contribution is -0.197. The number of aliphatic hydroxyl groups is 1. The third kappa shape index (κ3) is 5.71. The third-order valence-corrected chi connectivity index (χ3v) is 6.21. The fraction of sp³-hybridized carbons (Fsp3) is 0.300. The molecule has 0 fully saturated rings. The van der Waals surface area contributed by atoms with Crippen molar-refractivity contribution in [1.29, 1.82) is 0 Å². The highest BCUT2D eigenvalue weighted by molar-refractivity contribution is 8.76. The van der Waals surface area contributed by atoms with Crippen LogP contribution in [0.3, 0.4) is 0 Å². The van der Waals surface area contributed by atoms with Gasteiger partial charge < -0.3 is 9.84 Å². The molecule has 1 N–H and O–H groups in total. The van der Waals surface area contributed by atoms with Gasteiger partial charge in [0.05, 0.1) is 6.61 Å². The van der Waals surface area contributed by atoms with Crippen molar-refractivity contribution < 1.29 is 9.84 Å². The predicted molar refractivity (Wildman–Crippen MR) is 106 cm³/mol. The Balaban J connectivity index is 2.22. The van der Waals surface area contributed by atoms with E-state index < -0.39 is 5.79 Å². The zero-order valence-electron chi connectivity index (χ0n) is 14.0. The van der Waals surface area contributed by atoms with E-state index in [1.54, 1.807) is 17.7 Å². The minimum atomic E-state index is -1.29. The fourth-order valence-electron chi connectivity index (χ4n) is 2.26. The number of hydrogen-bond acceptors (Lipinski definition) is 4. The van der Waals surface area contributed by atoms with Crippen LogP contribution in [0.25, 0.3) is 0 Å². The van der Waals surface area contributed by atoms with E-state index in [9.17, 15) is 5.11 Å². The quantitative estimate of drug-likeness (QED) is 0.693. The van der Waals surface area contributed by atoms with Gasteiger partial charge in [0.15, 0.2) is 5.79 Å². The van der Waals surface area contributed by atoms with Gasteiger partial charge in [0, 0.05) is 16.2 Å². The molecule has 3 rings (SSSR count). The van der Waals surface area contributed by atoms with E-state index in [0.29, 0.717) is 13.0 Å². The summed E-state index contributed by atoms with van der Waals surface area (Å²) < 4.78 is 5.71. The van der Waals surface area contributed by atoms with Crippen molar-refractivity contribution in [3.63, 3.8) is 0 Å². The average Bonchev–Trinajstić information content (AvgIpc) is 2.58. The minimum absolute atomic E-state index is 0.425. The van der Waals surface area contributed by atoms with Crippen molar-refractivity contribution in [1.82, 2.24) is 0 Å². The van der Waals surface area contributed by atoms with Crippen molar-refractivity contribution >= 4 is 21.6 Å². The molecule has 2 aliphatic rings.